The molecule has 0 fully saturated rings. The first-order valence-corrected chi connectivity index (χ1v) is 5.91. The van der Waals surface area contributed by atoms with Crippen molar-refractivity contribution in [2.24, 2.45) is 0 Å². The van der Waals surface area contributed by atoms with Gasteiger partial charge in [-0.3, -0.25) is 15.0 Å². The van der Waals surface area contributed by atoms with E-state index in [2.05, 4.69) is 17.2 Å². The van der Waals surface area contributed by atoms with Gasteiger partial charge in [-0.25, -0.2) is 4.79 Å². The van der Waals surface area contributed by atoms with Gasteiger partial charge in [-0.1, -0.05) is 13.0 Å². The van der Waals surface area contributed by atoms with Crippen LogP contribution in [-0.4, -0.2) is 53.7 Å². The zero-order chi connectivity index (χ0) is 14.2. The highest BCUT2D eigenvalue weighted by Crippen LogP contribution is 2.03. The van der Waals surface area contributed by atoms with Crippen LogP contribution >= 0.6 is 0 Å². The van der Waals surface area contributed by atoms with Crippen LogP contribution in [0.5, 0.6) is 0 Å². The SMILES string of the molecule is C=CCNC(=O)NC(=O)CN(CC)CC(C)(C)O. The standard InChI is InChI=1S/C12H23N3O3/c1-5-7-13-11(17)14-10(16)8-15(6-2)9-12(3,4)18/h5,18H,1,6-9H2,2-4H3,(H2,13,14,16,17). The molecule has 0 saturated heterocycles. The Morgan fingerprint density at radius 2 is 2.06 bits per heavy atom. The van der Waals surface area contributed by atoms with Crippen LogP contribution in [0.2, 0.25) is 0 Å². The van der Waals surface area contributed by atoms with E-state index in [4.69, 9.17) is 0 Å². The zero-order valence-corrected chi connectivity index (χ0v) is 11.3. The van der Waals surface area contributed by atoms with Gasteiger partial charge in [0.2, 0.25) is 5.91 Å². The van der Waals surface area contributed by atoms with Gasteiger partial charge < -0.3 is 10.4 Å². The summed E-state index contributed by atoms with van der Waals surface area (Å²) in [6.45, 7) is 10.0. The van der Waals surface area contributed by atoms with E-state index >= 15 is 0 Å². The Morgan fingerprint density at radius 1 is 1.44 bits per heavy atom. The molecule has 0 saturated carbocycles. The number of carbonyl (C=O) groups is 2. The summed E-state index contributed by atoms with van der Waals surface area (Å²) in [4.78, 5) is 24.5. The maximum absolute atomic E-state index is 11.6. The Labute approximate surface area is 108 Å². The van der Waals surface area contributed by atoms with Crippen molar-refractivity contribution in [1.29, 1.82) is 0 Å². The van der Waals surface area contributed by atoms with Gasteiger partial charge >= 0.3 is 6.03 Å². The summed E-state index contributed by atoms with van der Waals surface area (Å²) < 4.78 is 0. The van der Waals surface area contributed by atoms with Crippen molar-refractivity contribution in [2.45, 2.75) is 26.4 Å². The van der Waals surface area contributed by atoms with Crippen LogP contribution in [0.1, 0.15) is 20.8 Å². The Morgan fingerprint density at radius 3 is 2.50 bits per heavy atom. The molecule has 6 nitrogen and oxygen atoms in total. The highest BCUT2D eigenvalue weighted by molar-refractivity contribution is 5.95. The number of hydrogen-bond donors (Lipinski definition) is 3. The van der Waals surface area contributed by atoms with Crippen LogP contribution < -0.4 is 10.6 Å². The quantitative estimate of drug-likeness (QED) is 0.565. The molecule has 0 aliphatic rings. The number of amides is 3. The lowest BCUT2D eigenvalue weighted by Gasteiger charge is -2.27. The Kier molecular flexibility index (Phi) is 7.23. The minimum absolute atomic E-state index is 0.0714. The first-order chi connectivity index (χ1) is 8.28. The highest BCUT2D eigenvalue weighted by Gasteiger charge is 2.19. The van der Waals surface area contributed by atoms with Crippen molar-refractivity contribution in [1.82, 2.24) is 15.5 Å². The van der Waals surface area contributed by atoms with E-state index in [1.54, 1.807) is 18.7 Å². The van der Waals surface area contributed by atoms with Crippen LogP contribution in [0, 0.1) is 0 Å². The van der Waals surface area contributed by atoms with Gasteiger partial charge in [-0.05, 0) is 20.4 Å². The predicted molar refractivity (Wildman–Crippen MR) is 70.2 cm³/mol. The van der Waals surface area contributed by atoms with E-state index in [0.717, 1.165) is 0 Å². The number of likely N-dealkylation sites (N-methyl/N-ethyl adjacent to an activating group) is 1. The lowest BCUT2D eigenvalue weighted by molar-refractivity contribution is -0.121. The largest absolute Gasteiger partial charge is 0.389 e. The van der Waals surface area contributed by atoms with E-state index in [9.17, 15) is 14.7 Å². The van der Waals surface area contributed by atoms with E-state index in [1.807, 2.05) is 6.92 Å². The van der Waals surface area contributed by atoms with Crippen LogP contribution in [0.4, 0.5) is 4.79 Å². The normalized spacial score (nSPS) is 11.2. The summed E-state index contributed by atoms with van der Waals surface area (Å²) in [6.07, 6.45) is 1.52. The summed E-state index contributed by atoms with van der Waals surface area (Å²) in [5.74, 6) is -0.400. The zero-order valence-electron chi connectivity index (χ0n) is 11.3. The molecule has 0 radical (unpaired) electrons. The van der Waals surface area contributed by atoms with Crippen molar-refractivity contribution >= 4 is 11.9 Å². The molecule has 0 unspecified atom stereocenters. The van der Waals surface area contributed by atoms with Crippen molar-refractivity contribution in [3.8, 4) is 0 Å². The van der Waals surface area contributed by atoms with Crippen molar-refractivity contribution in [3.05, 3.63) is 12.7 Å². The molecule has 104 valence electrons. The second-order valence-corrected chi connectivity index (χ2v) is 4.66. The molecular formula is C12H23N3O3. The molecule has 0 spiro atoms. The second kappa shape index (κ2) is 7.84. The number of hydrogen-bond acceptors (Lipinski definition) is 4. The average Bonchev–Trinajstić information content (AvgIpc) is 2.23. The van der Waals surface area contributed by atoms with Gasteiger partial charge in [0.15, 0.2) is 0 Å². The fraction of sp³-hybridized carbons (Fsp3) is 0.667. The van der Waals surface area contributed by atoms with Gasteiger partial charge in [-0.15, -0.1) is 6.58 Å². The van der Waals surface area contributed by atoms with E-state index < -0.39 is 17.5 Å². The fourth-order valence-electron chi connectivity index (χ4n) is 1.41. The number of urea groups is 1. The Hall–Kier alpha value is -1.40. The smallest absolute Gasteiger partial charge is 0.321 e. The van der Waals surface area contributed by atoms with Crippen molar-refractivity contribution in [3.63, 3.8) is 0 Å². The van der Waals surface area contributed by atoms with Gasteiger partial charge in [0.25, 0.3) is 0 Å². The first-order valence-electron chi connectivity index (χ1n) is 5.91. The maximum atomic E-state index is 11.6. The Balaban J connectivity index is 4.11. The summed E-state index contributed by atoms with van der Waals surface area (Å²) in [5, 5.41) is 14.3. The molecule has 0 rings (SSSR count). The summed E-state index contributed by atoms with van der Waals surface area (Å²) in [6, 6.07) is -0.542. The molecule has 0 aliphatic heterocycles. The van der Waals surface area contributed by atoms with E-state index in [-0.39, 0.29) is 6.54 Å². The maximum Gasteiger partial charge on any atom is 0.321 e. The number of carbonyl (C=O) groups excluding carboxylic acids is 2. The molecule has 3 amide bonds. The third-order valence-corrected chi connectivity index (χ3v) is 2.08. The molecule has 0 atom stereocenters. The van der Waals surface area contributed by atoms with Gasteiger partial charge in [-0.2, -0.15) is 0 Å². The number of aliphatic hydroxyl groups is 1. The summed E-state index contributed by atoms with van der Waals surface area (Å²) >= 11 is 0. The van der Waals surface area contributed by atoms with E-state index in [0.29, 0.717) is 19.6 Å². The third-order valence-electron chi connectivity index (χ3n) is 2.08. The molecule has 0 bridgehead atoms. The lowest BCUT2D eigenvalue weighted by atomic mass is 10.1. The molecule has 0 aromatic rings. The number of nitrogens with one attached hydrogen (secondary N) is 2. The Bertz CT molecular complexity index is 297. The summed E-state index contributed by atoms with van der Waals surface area (Å²) in [5.41, 5.74) is -0.874. The van der Waals surface area contributed by atoms with Crippen LogP contribution in [-0.2, 0) is 4.79 Å². The van der Waals surface area contributed by atoms with Crippen LogP contribution in [0.25, 0.3) is 0 Å². The number of imide groups is 1. The minimum atomic E-state index is -0.874. The molecule has 0 aliphatic carbocycles. The third kappa shape index (κ3) is 8.72. The minimum Gasteiger partial charge on any atom is -0.389 e. The van der Waals surface area contributed by atoms with Gasteiger partial charge in [0.1, 0.15) is 0 Å². The van der Waals surface area contributed by atoms with Gasteiger partial charge in [0, 0.05) is 13.1 Å². The highest BCUT2D eigenvalue weighted by atomic mass is 16.3. The topological polar surface area (TPSA) is 81.7 Å². The van der Waals surface area contributed by atoms with Gasteiger partial charge in [0.05, 0.1) is 12.1 Å². The van der Waals surface area contributed by atoms with Crippen molar-refractivity contribution < 1.29 is 14.7 Å². The number of rotatable bonds is 7. The predicted octanol–water partition coefficient (Wildman–Crippen LogP) is 0.0910. The molecule has 18 heavy (non-hydrogen) atoms. The average molecular weight is 257 g/mol. The van der Waals surface area contributed by atoms with Crippen LogP contribution in [0.3, 0.4) is 0 Å². The molecule has 0 aromatic carbocycles. The molecule has 3 N–H and O–H groups in total. The lowest BCUT2D eigenvalue weighted by Crippen LogP contribution is -2.47. The molecule has 0 heterocycles. The molecular weight excluding hydrogens is 234 g/mol. The molecule has 0 aromatic heterocycles. The first kappa shape index (κ1) is 16.6. The molecule has 6 heteroatoms. The fourth-order valence-corrected chi connectivity index (χ4v) is 1.41. The monoisotopic (exact) mass is 257 g/mol. The van der Waals surface area contributed by atoms with E-state index in [1.165, 1.54) is 6.08 Å². The van der Waals surface area contributed by atoms with Crippen LogP contribution in [0.15, 0.2) is 12.7 Å². The number of nitrogens with zero attached hydrogens (tertiary/aromatic N) is 1. The second-order valence-electron chi connectivity index (χ2n) is 4.66. The van der Waals surface area contributed by atoms with Crippen molar-refractivity contribution in [2.75, 3.05) is 26.2 Å². The summed E-state index contributed by atoms with van der Waals surface area (Å²) in [7, 11) is 0.